The third-order valence-corrected chi connectivity index (χ3v) is 5.91. The Hall–Kier alpha value is -2.54. The number of hydrogen-bond donors (Lipinski definition) is 1. The summed E-state index contributed by atoms with van der Waals surface area (Å²) in [6.45, 7) is 0.715. The first-order valence-electron chi connectivity index (χ1n) is 8.46. The molecule has 0 saturated carbocycles. The fraction of sp³-hybridized carbons (Fsp3) is 0.316. The van der Waals surface area contributed by atoms with Crippen LogP contribution in [0, 0.1) is 5.41 Å². The summed E-state index contributed by atoms with van der Waals surface area (Å²) in [5.74, 6) is 0.878. The van der Waals surface area contributed by atoms with Crippen molar-refractivity contribution in [1.29, 1.82) is 0 Å². The Labute approximate surface area is 154 Å². The second-order valence-corrected chi connectivity index (χ2v) is 7.73. The van der Waals surface area contributed by atoms with Crippen molar-refractivity contribution in [2.75, 3.05) is 13.1 Å². The Morgan fingerprint density at radius 3 is 2.73 bits per heavy atom. The smallest absolute Gasteiger partial charge is 0.289 e. The average molecular weight is 370 g/mol. The maximum atomic E-state index is 12.7. The van der Waals surface area contributed by atoms with Gasteiger partial charge in [0.25, 0.3) is 5.91 Å². The van der Waals surface area contributed by atoms with Crippen molar-refractivity contribution < 1.29 is 18.8 Å². The SMILES string of the molecule is O=C1C[C@]2(CCN(C(=O)c3ccc(CSc4ccccc4)o3)C2)C(=O)N1. The van der Waals surface area contributed by atoms with Crippen LogP contribution >= 0.6 is 11.8 Å². The molecule has 0 radical (unpaired) electrons. The first-order chi connectivity index (χ1) is 12.6. The van der Waals surface area contributed by atoms with Crippen LogP contribution < -0.4 is 5.32 Å². The molecule has 3 amide bonds. The summed E-state index contributed by atoms with van der Waals surface area (Å²) in [4.78, 5) is 38.9. The van der Waals surface area contributed by atoms with Gasteiger partial charge < -0.3 is 9.32 Å². The second kappa shape index (κ2) is 6.64. The molecule has 1 atom stereocenters. The van der Waals surface area contributed by atoms with Crippen LogP contribution in [0.5, 0.6) is 0 Å². The van der Waals surface area contributed by atoms with Crippen LogP contribution in [0.3, 0.4) is 0 Å². The lowest BCUT2D eigenvalue weighted by Crippen LogP contribution is -2.36. The molecule has 2 aromatic rings. The summed E-state index contributed by atoms with van der Waals surface area (Å²) < 4.78 is 5.70. The number of hydrogen-bond acceptors (Lipinski definition) is 5. The molecule has 1 N–H and O–H groups in total. The van der Waals surface area contributed by atoms with E-state index in [1.807, 2.05) is 30.3 Å². The number of benzene rings is 1. The van der Waals surface area contributed by atoms with E-state index in [0.29, 0.717) is 18.7 Å². The Morgan fingerprint density at radius 2 is 2.00 bits per heavy atom. The van der Waals surface area contributed by atoms with Crippen LogP contribution in [-0.2, 0) is 15.3 Å². The summed E-state index contributed by atoms with van der Waals surface area (Å²) in [7, 11) is 0. The zero-order valence-electron chi connectivity index (χ0n) is 14.1. The molecule has 0 bridgehead atoms. The highest BCUT2D eigenvalue weighted by molar-refractivity contribution is 7.98. The van der Waals surface area contributed by atoms with E-state index >= 15 is 0 Å². The second-order valence-electron chi connectivity index (χ2n) is 6.68. The number of imide groups is 1. The van der Waals surface area contributed by atoms with Gasteiger partial charge in [-0.2, -0.15) is 0 Å². The fourth-order valence-corrected chi connectivity index (χ4v) is 4.28. The minimum absolute atomic E-state index is 0.159. The summed E-state index contributed by atoms with van der Waals surface area (Å²) in [6, 6.07) is 13.5. The molecule has 26 heavy (non-hydrogen) atoms. The largest absolute Gasteiger partial charge is 0.455 e. The van der Waals surface area contributed by atoms with Crippen molar-refractivity contribution in [2.45, 2.75) is 23.5 Å². The van der Waals surface area contributed by atoms with E-state index in [-0.39, 0.29) is 36.4 Å². The van der Waals surface area contributed by atoms with E-state index in [1.165, 1.54) is 0 Å². The minimum Gasteiger partial charge on any atom is -0.455 e. The molecule has 1 aromatic heterocycles. The summed E-state index contributed by atoms with van der Waals surface area (Å²) in [6.07, 6.45) is 0.667. The van der Waals surface area contributed by atoms with Gasteiger partial charge in [0.15, 0.2) is 5.76 Å². The van der Waals surface area contributed by atoms with Crippen molar-refractivity contribution in [3.05, 3.63) is 54.0 Å². The normalized spacial score (nSPS) is 22.2. The maximum Gasteiger partial charge on any atom is 0.289 e. The van der Waals surface area contributed by atoms with Gasteiger partial charge in [0.1, 0.15) is 5.76 Å². The van der Waals surface area contributed by atoms with Crippen LogP contribution in [0.1, 0.15) is 29.2 Å². The van der Waals surface area contributed by atoms with E-state index in [9.17, 15) is 14.4 Å². The molecule has 2 aliphatic heterocycles. The van der Waals surface area contributed by atoms with E-state index in [1.54, 1.807) is 28.8 Å². The molecular formula is C19H18N2O4S. The Morgan fingerprint density at radius 1 is 1.19 bits per heavy atom. The van der Waals surface area contributed by atoms with Gasteiger partial charge in [-0.1, -0.05) is 18.2 Å². The van der Waals surface area contributed by atoms with Gasteiger partial charge in [-0.25, -0.2) is 0 Å². The zero-order valence-corrected chi connectivity index (χ0v) is 14.9. The first-order valence-corrected chi connectivity index (χ1v) is 9.44. The van der Waals surface area contributed by atoms with Gasteiger partial charge in [0, 0.05) is 24.4 Å². The molecule has 1 spiro atoms. The lowest BCUT2D eigenvalue weighted by Gasteiger charge is -2.19. The molecule has 2 saturated heterocycles. The summed E-state index contributed by atoms with van der Waals surface area (Å²) in [5, 5.41) is 2.34. The van der Waals surface area contributed by atoms with Crippen LogP contribution in [0.4, 0.5) is 0 Å². The number of rotatable bonds is 4. The predicted octanol–water partition coefficient (Wildman–Crippen LogP) is 2.45. The van der Waals surface area contributed by atoms with Gasteiger partial charge in [0.05, 0.1) is 11.2 Å². The number of carbonyl (C=O) groups is 3. The number of carbonyl (C=O) groups excluding carboxylic acids is 3. The van der Waals surface area contributed by atoms with Crippen molar-refractivity contribution in [1.82, 2.24) is 10.2 Å². The average Bonchev–Trinajstić information content (AvgIpc) is 3.34. The molecule has 6 nitrogen and oxygen atoms in total. The van der Waals surface area contributed by atoms with Gasteiger partial charge in [-0.05, 0) is 30.7 Å². The highest BCUT2D eigenvalue weighted by atomic mass is 32.2. The zero-order chi connectivity index (χ0) is 18.1. The highest BCUT2D eigenvalue weighted by Crippen LogP contribution is 2.38. The number of likely N-dealkylation sites (tertiary alicyclic amines) is 1. The Balaban J connectivity index is 1.39. The van der Waals surface area contributed by atoms with E-state index < -0.39 is 5.41 Å². The molecule has 0 unspecified atom stereocenters. The monoisotopic (exact) mass is 370 g/mol. The minimum atomic E-state index is -0.759. The van der Waals surface area contributed by atoms with Crippen LogP contribution in [-0.4, -0.2) is 35.7 Å². The third-order valence-electron chi connectivity index (χ3n) is 4.87. The maximum absolute atomic E-state index is 12.7. The molecular weight excluding hydrogens is 352 g/mol. The molecule has 2 fully saturated rings. The Kier molecular flexibility index (Phi) is 4.32. The van der Waals surface area contributed by atoms with Crippen LogP contribution in [0.2, 0.25) is 0 Å². The van der Waals surface area contributed by atoms with E-state index in [4.69, 9.17) is 4.42 Å². The fourth-order valence-electron chi connectivity index (χ4n) is 3.46. The number of thioether (sulfide) groups is 1. The standard InChI is InChI=1S/C19H18N2O4S/c22-16-10-19(18(24)20-16)8-9-21(12-19)17(23)15-7-6-13(25-15)11-26-14-4-2-1-3-5-14/h1-7H,8-12H2,(H,20,22,24)/t19-/m0/s1. The number of nitrogens with zero attached hydrogens (tertiary/aromatic N) is 1. The molecule has 7 heteroatoms. The van der Waals surface area contributed by atoms with Gasteiger partial charge in [-0.15, -0.1) is 11.8 Å². The molecule has 134 valence electrons. The molecule has 4 rings (SSSR count). The lowest BCUT2D eigenvalue weighted by molar-refractivity contribution is -0.128. The summed E-state index contributed by atoms with van der Waals surface area (Å²) in [5.41, 5.74) is -0.759. The van der Waals surface area contributed by atoms with Gasteiger partial charge in [0.2, 0.25) is 11.8 Å². The van der Waals surface area contributed by atoms with Crippen molar-refractivity contribution in [2.24, 2.45) is 5.41 Å². The molecule has 0 aliphatic carbocycles. The van der Waals surface area contributed by atoms with Gasteiger partial charge >= 0.3 is 0 Å². The molecule has 3 heterocycles. The first kappa shape index (κ1) is 16.9. The lowest BCUT2D eigenvalue weighted by atomic mass is 9.85. The van der Waals surface area contributed by atoms with Crippen LogP contribution in [0.25, 0.3) is 0 Å². The van der Waals surface area contributed by atoms with E-state index in [0.717, 1.165) is 10.7 Å². The highest BCUT2D eigenvalue weighted by Gasteiger charge is 2.52. The van der Waals surface area contributed by atoms with Crippen molar-refractivity contribution >= 4 is 29.5 Å². The van der Waals surface area contributed by atoms with E-state index in [2.05, 4.69) is 5.32 Å². The third kappa shape index (κ3) is 3.14. The van der Waals surface area contributed by atoms with Crippen LogP contribution in [0.15, 0.2) is 51.8 Å². The topological polar surface area (TPSA) is 79.6 Å². The quantitative estimate of drug-likeness (QED) is 0.661. The van der Waals surface area contributed by atoms with Crippen molar-refractivity contribution in [3.8, 4) is 0 Å². The van der Waals surface area contributed by atoms with Gasteiger partial charge in [-0.3, -0.25) is 19.7 Å². The summed E-state index contributed by atoms with van der Waals surface area (Å²) >= 11 is 1.64. The number of amides is 3. The van der Waals surface area contributed by atoms with Crippen molar-refractivity contribution in [3.63, 3.8) is 0 Å². The number of nitrogens with one attached hydrogen (secondary N) is 1. The Bertz CT molecular complexity index is 863. The predicted molar refractivity (Wildman–Crippen MR) is 95.4 cm³/mol. The molecule has 1 aromatic carbocycles. The molecule has 2 aliphatic rings. The number of furan rings is 1.